The van der Waals surface area contributed by atoms with Crippen molar-refractivity contribution in [2.75, 3.05) is 26.2 Å². The van der Waals surface area contributed by atoms with Gasteiger partial charge in [-0.15, -0.1) is 0 Å². The van der Waals surface area contributed by atoms with Gasteiger partial charge in [0.15, 0.2) is 0 Å². The van der Waals surface area contributed by atoms with Gasteiger partial charge >= 0.3 is 0 Å². The summed E-state index contributed by atoms with van der Waals surface area (Å²) in [5, 5.41) is 2.93. The van der Waals surface area contributed by atoms with Crippen LogP contribution in [-0.4, -0.2) is 53.8 Å². The first kappa shape index (κ1) is 22.3. The van der Waals surface area contributed by atoms with Crippen LogP contribution in [0.5, 0.6) is 0 Å². The molecule has 0 saturated carbocycles. The van der Waals surface area contributed by atoms with Crippen LogP contribution in [0.2, 0.25) is 0 Å². The fourth-order valence-corrected chi connectivity index (χ4v) is 3.53. The number of amides is 2. The second kappa shape index (κ2) is 10.6. The van der Waals surface area contributed by atoms with Crippen LogP contribution in [0.25, 0.3) is 0 Å². The van der Waals surface area contributed by atoms with Gasteiger partial charge in [-0.05, 0) is 24.3 Å². The van der Waals surface area contributed by atoms with E-state index in [1.807, 2.05) is 44.7 Å². The predicted molar refractivity (Wildman–Crippen MR) is 109 cm³/mol. The van der Waals surface area contributed by atoms with Crippen LogP contribution in [0.3, 0.4) is 0 Å². The lowest BCUT2D eigenvalue weighted by molar-refractivity contribution is -0.137. The molecule has 5 nitrogen and oxygen atoms in total. The Morgan fingerprint density at radius 3 is 2.43 bits per heavy atom. The lowest BCUT2D eigenvalue weighted by Gasteiger charge is -2.29. The zero-order valence-electron chi connectivity index (χ0n) is 17.6. The van der Waals surface area contributed by atoms with Gasteiger partial charge in [0.05, 0.1) is 0 Å². The minimum Gasteiger partial charge on any atom is -0.344 e. The first-order valence-corrected chi connectivity index (χ1v) is 10.3. The Hall–Kier alpha value is -1.95. The van der Waals surface area contributed by atoms with Gasteiger partial charge in [0.2, 0.25) is 11.8 Å². The smallest absolute Gasteiger partial charge is 0.245 e. The molecular formula is C22H34FN3O2. The molecule has 1 aliphatic rings. The SMILES string of the molecule is CC(C)CC(=O)NC(C(=O)N1CCCN(Cc2ccccc2F)CC1)C(C)C. The van der Waals surface area contributed by atoms with Crippen LogP contribution in [-0.2, 0) is 16.1 Å². The maximum atomic E-state index is 13.9. The highest BCUT2D eigenvalue weighted by Gasteiger charge is 2.30. The number of carbonyl (C=O) groups is 2. The van der Waals surface area contributed by atoms with Gasteiger partial charge in [-0.25, -0.2) is 4.39 Å². The van der Waals surface area contributed by atoms with Crippen molar-refractivity contribution in [3.63, 3.8) is 0 Å². The van der Waals surface area contributed by atoms with Gasteiger partial charge in [0.1, 0.15) is 11.9 Å². The van der Waals surface area contributed by atoms with Crippen LogP contribution in [0.15, 0.2) is 24.3 Å². The van der Waals surface area contributed by atoms with E-state index in [4.69, 9.17) is 0 Å². The molecule has 28 heavy (non-hydrogen) atoms. The molecule has 1 aliphatic heterocycles. The van der Waals surface area contributed by atoms with E-state index in [1.54, 1.807) is 6.07 Å². The molecule has 0 aliphatic carbocycles. The van der Waals surface area contributed by atoms with Crippen molar-refractivity contribution in [3.05, 3.63) is 35.6 Å². The zero-order valence-corrected chi connectivity index (χ0v) is 17.6. The predicted octanol–water partition coefficient (Wildman–Crippen LogP) is 3.05. The van der Waals surface area contributed by atoms with Gasteiger partial charge in [0.25, 0.3) is 0 Å². The summed E-state index contributed by atoms with van der Waals surface area (Å²) in [6, 6.07) is 6.34. The number of hydrogen-bond acceptors (Lipinski definition) is 3. The number of carbonyl (C=O) groups excluding carboxylic acids is 2. The number of halogens is 1. The van der Waals surface area contributed by atoms with E-state index in [1.165, 1.54) is 6.07 Å². The standard InChI is InChI=1S/C22H34FN3O2/c1-16(2)14-20(27)24-21(17(3)4)22(28)26-11-7-10-25(12-13-26)15-18-8-5-6-9-19(18)23/h5-6,8-9,16-17,21H,7,10-15H2,1-4H3,(H,24,27). The molecular weight excluding hydrogens is 357 g/mol. The van der Waals surface area contributed by atoms with Crippen molar-refractivity contribution in [1.82, 2.24) is 15.1 Å². The molecule has 0 spiro atoms. The Labute approximate surface area is 168 Å². The summed E-state index contributed by atoms with van der Waals surface area (Å²) >= 11 is 0. The van der Waals surface area contributed by atoms with Crippen molar-refractivity contribution in [2.24, 2.45) is 11.8 Å². The summed E-state index contributed by atoms with van der Waals surface area (Å²) in [5.74, 6) is 0.0136. The Kier molecular flexibility index (Phi) is 8.42. The normalized spacial score (nSPS) is 16.9. The Bertz CT molecular complexity index is 663. The number of nitrogens with zero attached hydrogens (tertiary/aromatic N) is 2. The van der Waals surface area contributed by atoms with Crippen molar-refractivity contribution >= 4 is 11.8 Å². The fraction of sp³-hybridized carbons (Fsp3) is 0.636. The fourth-order valence-electron chi connectivity index (χ4n) is 3.53. The first-order valence-electron chi connectivity index (χ1n) is 10.3. The van der Waals surface area contributed by atoms with E-state index >= 15 is 0 Å². The summed E-state index contributed by atoms with van der Waals surface area (Å²) < 4.78 is 13.9. The summed E-state index contributed by atoms with van der Waals surface area (Å²) in [6.07, 6.45) is 1.26. The van der Waals surface area contributed by atoms with Crippen molar-refractivity contribution < 1.29 is 14.0 Å². The topological polar surface area (TPSA) is 52.7 Å². The maximum Gasteiger partial charge on any atom is 0.245 e. The third kappa shape index (κ3) is 6.59. The minimum atomic E-state index is -0.496. The van der Waals surface area contributed by atoms with Crippen LogP contribution in [0, 0.1) is 17.7 Å². The van der Waals surface area contributed by atoms with E-state index in [-0.39, 0.29) is 29.5 Å². The highest BCUT2D eigenvalue weighted by Crippen LogP contribution is 2.14. The lowest BCUT2D eigenvalue weighted by Crippen LogP contribution is -2.52. The molecule has 1 atom stereocenters. The van der Waals surface area contributed by atoms with Crippen LogP contribution in [0.4, 0.5) is 4.39 Å². The molecule has 6 heteroatoms. The van der Waals surface area contributed by atoms with E-state index in [0.717, 1.165) is 13.0 Å². The van der Waals surface area contributed by atoms with E-state index in [9.17, 15) is 14.0 Å². The van der Waals surface area contributed by atoms with Gasteiger partial charge in [-0.3, -0.25) is 14.5 Å². The Morgan fingerprint density at radius 1 is 1.07 bits per heavy atom. The molecule has 156 valence electrons. The summed E-state index contributed by atoms with van der Waals surface area (Å²) in [4.78, 5) is 29.3. The van der Waals surface area contributed by atoms with Crippen LogP contribution >= 0.6 is 0 Å². The molecule has 1 unspecified atom stereocenters. The molecule has 0 radical (unpaired) electrons. The first-order chi connectivity index (χ1) is 13.3. The average Bonchev–Trinajstić information content (AvgIpc) is 2.86. The number of nitrogens with one attached hydrogen (secondary N) is 1. The summed E-state index contributed by atoms with van der Waals surface area (Å²) in [6.45, 7) is 11.2. The molecule has 1 heterocycles. The molecule has 1 aromatic carbocycles. The summed E-state index contributed by atoms with van der Waals surface area (Å²) in [7, 11) is 0. The second-order valence-corrected chi connectivity index (χ2v) is 8.43. The molecule has 0 bridgehead atoms. The largest absolute Gasteiger partial charge is 0.344 e. The van der Waals surface area contributed by atoms with Crippen molar-refractivity contribution in [1.29, 1.82) is 0 Å². The lowest BCUT2D eigenvalue weighted by atomic mass is 10.0. The van der Waals surface area contributed by atoms with Crippen LogP contribution < -0.4 is 5.32 Å². The summed E-state index contributed by atoms with van der Waals surface area (Å²) in [5.41, 5.74) is 0.684. The van der Waals surface area contributed by atoms with Gasteiger partial charge in [-0.2, -0.15) is 0 Å². The van der Waals surface area contributed by atoms with Crippen LogP contribution in [0.1, 0.15) is 46.1 Å². The molecule has 1 N–H and O–H groups in total. The van der Waals surface area contributed by atoms with Gasteiger partial charge < -0.3 is 10.2 Å². The van der Waals surface area contributed by atoms with Crippen molar-refractivity contribution in [3.8, 4) is 0 Å². The van der Waals surface area contributed by atoms with E-state index in [0.29, 0.717) is 38.2 Å². The molecule has 1 saturated heterocycles. The Morgan fingerprint density at radius 2 is 1.79 bits per heavy atom. The van der Waals surface area contributed by atoms with E-state index < -0.39 is 6.04 Å². The highest BCUT2D eigenvalue weighted by molar-refractivity contribution is 5.88. The average molecular weight is 392 g/mol. The quantitative estimate of drug-likeness (QED) is 0.777. The third-order valence-electron chi connectivity index (χ3n) is 5.09. The molecule has 2 rings (SSSR count). The van der Waals surface area contributed by atoms with Gasteiger partial charge in [0, 0.05) is 44.7 Å². The molecule has 1 aromatic rings. The van der Waals surface area contributed by atoms with Crippen molar-refractivity contribution in [2.45, 2.75) is 53.1 Å². The van der Waals surface area contributed by atoms with E-state index in [2.05, 4.69) is 10.2 Å². The highest BCUT2D eigenvalue weighted by atomic mass is 19.1. The second-order valence-electron chi connectivity index (χ2n) is 8.43. The maximum absolute atomic E-state index is 13.9. The molecule has 2 amide bonds. The van der Waals surface area contributed by atoms with Gasteiger partial charge in [-0.1, -0.05) is 45.9 Å². The Balaban J connectivity index is 1.96. The minimum absolute atomic E-state index is 0.0140. The third-order valence-corrected chi connectivity index (χ3v) is 5.09. The zero-order chi connectivity index (χ0) is 20.7. The number of rotatable bonds is 7. The molecule has 0 aromatic heterocycles. The molecule has 1 fully saturated rings. The monoisotopic (exact) mass is 391 g/mol. The number of hydrogen-bond donors (Lipinski definition) is 1. The number of benzene rings is 1.